The van der Waals surface area contributed by atoms with Gasteiger partial charge in [-0.25, -0.2) is 0 Å². The monoisotopic (exact) mass is 153 g/mol. The fraction of sp³-hybridized carbons (Fsp3) is 0.429. The van der Waals surface area contributed by atoms with E-state index in [4.69, 9.17) is 0 Å². The third-order valence-electron chi connectivity index (χ3n) is 1.44. The van der Waals surface area contributed by atoms with E-state index in [9.17, 15) is 9.90 Å². The van der Waals surface area contributed by atoms with E-state index < -0.39 is 5.97 Å². The Morgan fingerprint density at radius 2 is 2.55 bits per heavy atom. The predicted octanol–water partition coefficient (Wildman–Crippen LogP) is -0.274. The van der Waals surface area contributed by atoms with Gasteiger partial charge in [0.25, 0.3) is 0 Å². The van der Waals surface area contributed by atoms with Gasteiger partial charge in [-0.1, -0.05) is 13.3 Å². The lowest BCUT2D eigenvalue weighted by atomic mass is 10.2. The Morgan fingerprint density at radius 1 is 1.82 bits per heavy atom. The third kappa shape index (κ3) is 1.58. The maximum absolute atomic E-state index is 10.4. The molecular formula is C7H9N2O2-. The van der Waals surface area contributed by atoms with Crippen molar-refractivity contribution in [3.05, 3.63) is 17.5 Å². The van der Waals surface area contributed by atoms with Crippen LogP contribution in [0.15, 0.2) is 6.20 Å². The molecule has 0 unspecified atom stereocenters. The topological polar surface area (TPSA) is 68.8 Å². The van der Waals surface area contributed by atoms with Crippen LogP contribution in [-0.4, -0.2) is 16.2 Å². The van der Waals surface area contributed by atoms with Crippen molar-refractivity contribution in [3.8, 4) is 0 Å². The number of carbonyl (C=O) groups excluding carboxylic acids is 1. The highest BCUT2D eigenvalue weighted by molar-refractivity contribution is 5.86. The first kappa shape index (κ1) is 7.78. The summed E-state index contributed by atoms with van der Waals surface area (Å²) in [6, 6.07) is 0. The van der Waals surface area contributed by atoms with Gasteiger partial charge in [0.15, 0.2) is 0 Å². The molecule has 0 atom stereocenters. The second-order valence-electron chi connectivity index (χ2n) is 2.30. The highest BCUT2D eigenvalue weighted by atomic mass is 16.4. The van der Waals surface area contributed by atoms with Crippen LogP contribution in [-0.2, 0) is 6.42 Å². The summed E-state index contributed by atoms with van der Waals surface area (Å²) in [6.45, 7) is 1.97. The molecule has 1 rings (SSSR count). The Balaban J connectivity index is 2.87. The zero-order valence-electron chi connectivity index (χ0n) is 6.26. The van der Waals surface area contributed by atoms with E-state index in [0.29, 0.717) is 12.1 Å². The number of nitrogens with one attached hydrogen (secondary N) is 1. The van der Waals surface area contributed by atoms with E-state index in [-0.39, 0.29) is 5.56 Å². The Labute approximate surface area is 64.2 Å². The number of H-pyrrole nitrogens is 1. The van der Waals surface area contributed by atoms with E-state index in [1.807, 2.05) is 6.92 Å². The van der Waals surface area contributed by atoms with Crippen LogP contribution in [0, 0.1) is 0 Å². The minimum absolute atomic E-state index is 0.173. The molecule has 0 saturated carbocycles. The molecule has 0 spiro atoms. The average Bonchev–Trinajstić information content (AvgIpc) is 2.36. The lowest BCUT2D eigenvalue weighted by molar-refractivity contribution is -0.255. The summed E-state index contributed by atoms with van der Waals surface area (Å²) >= 11 is 0. The molecule has 1 heterocycles. The molecule has 11 heavy (non-hydrogen) atoms. The molecule has 0 fully saturated rings. The molecule has 4 nitrogen and oxygen atoms in total. The molecule has 0 aliphatic heterocycles. The minimum Gasteiger partial charge on any atom is -0.545 e. The number of aromatic nitrogens is 2. The first-order valence-electron chi connectivity index (χ1n) is 3.49. The smallest absolute Gasteiger partial charge is 0.0749 e. The van der Waals surface area contributed by atoms with Gasteiger partial charge in [0, 0.05) is 11.3 Å². The molecule has 0 aliphatic rings. The zero-order valence-corrected chi connectivity index (χ0v) is 6.26. The van der Waals surface area contributed by atoms with E-state index in [1.54, 1.807) is 0 Å². The van der Waals surface area contributed by atoms with Gasteiger partial charge >= 0.3 is 0 Å². The Bertz CT molecular complexity index is 255. The van der Waals surface area contributed by atoms with Gasteiger partial charge in [-0.15, -0.1) is 0 Å². The van der Waals surface area contributed by atoms with Crippen molar-refractivity contribution in [1.29, 1.82) is 0 Å². The SMILES string of the molecule is CCCc1[nH]ncc1C(=O)[O-]. The molecule has 0 saturated heterocycles. The number of hydrogen-bond donors (Lipinski definition) is 1. The van der Waals surface area contributed by atoms with E-state index in [1.165, 1.54) is 6.20 Å². The summed E-state index contributed by atoms with van der Waals surface area (Å²) in [5.41, 5.74) is 0.819. The largest absolute Gasteiger partial charge is 0.545 e. The Morgan fingerprint density at radius 3 is 3.09 bits per heavy atom. The maximum Gasteiger partial charge on any atom is 0.0749 e. The summed E-state index contributed by atoms with van der Waals surface area (Å²) in [7, 11) is 0. The third-order valence-corrected chi connectivity index (χ3v) is 1.44. The first-order chi connectivity index (χ1) is 5.25. The predicted molar refractivity (Wildman–Crippen MR) is 36.9 cm³/mol. The highest BCUT2D eigenvalue weighted by Crippen LogP contribution is 2.05. The number of nitrogens with zero attached hydrogens (tertiary/aromatic N) is 1. The quantitative estimate of drug-likeness (QED) is 0.649. The lowest BCUT2D eigenvalue weighted by Crippen LogP contribution is -2.23. The highest BCUT2D eigenvalue weighted by Gasteiger charge is 2.03. The van der Waals surface area contributed by atoms with Crippen molar-refractivity contribution in [2.75, 3.05) is 0 Å². The molecule has 60 valence electrons. The molecule has 0 bridgehead atoms. The summed E-state index contributed by atoms with van der Waals surface area (Å²) in [5, 5.41) is 16.6. The van der Waals surface area contributed by atoms with Crippen LogP contribution in [0.2, 0.25) is 0 Å². The van der Waals surface area contributed by atoms with Crippen LogP contribution in [0.25, 0.3) is 0 Å². The number of aromatic carboxylic acids is 1. The van der Waals surface area contributed by atoms with Crippen LogP contribution >= 0.6 is 0 Å². The molecular weight excluding hydrogens is 144 g/mol. The summed E-state index contributed by atoms with van der Waals surface area (Å²) in [5.74, 6) is -1.16. The van der Waals surface area contributed by atoms with Crippen molar-refractivity contribution in [3.63, 3.8) is 0 Å². The van der Waals surface area contributed by atoms with Gasteiger partial charge in [0.05, 0.1) is 12.2 Å². The van der Waals surface area contributed by atoms with Gasteiger partial charge in [-0.05, 0) is 6.42 Å². The molecule has 0 amide bonds. The van der Waals surface area contributed by atoms with E-state index in [2.05, 4.69) is 10.2 Å². The average molecular weight is 153 g/mol. The Hall–Kier alpha value is -1.32. The van der Waals surface area contributed by atoms with Crippen LogP contribution in [0.4, 0.5) is 0 Å². The fourth-order valence-corrected chi connectivity index (χ4v) is 0.929. The van der Waals surface area contributed by atoms with Gasteiger partial charge < -0.3 is 9.90 Å². The zero-order chi connectivity index (χ0) is 8.27. The molecule has 1 N–H and O–H groups in total. The summed E-state index contributed by atoms with van der Waals surface area (Å²) in [4.78, 5) is 10.4. The maximum atomic E-state index is 10.4. The van der Waals surface area contributed by atoms with Gasteiger partial charge in [-0.2, -0.15) is 5.10 Å². The first-order valence-corrected chi connectivity index (χ1v) is 3.49. The Kier molecular flexibility index (Phi) is 2.25. The van der Waals surface area contributed by atoms with Gasteiger partial charge in [-0.3, -0.25) is 5.10 Å². The van der Waals surface area contributed by atoms with Crippen molar-refractivity contribution in [2.24, 2.45) is 0 Å². The van der Waals surface area contributed by atoms with Gasteiger partial charge in [0.2, 0.25) is 0 Å². The second kappa shape index (κ2) is 3.18. The fourth-order valence-electron chi connectivity index (χ4n) is 0.929. The molecule has 4 heteroatoms. The number of carboxylic acids is 1. The van der Waals surface area contributed by atoms with Crippen molar-refractivity contribution >= 4 is 5.97 Å². The summed E-state index contributed by atoms with van der Waals surface area (Å²) < 4.78 is 0. The number of carboxylic acid groups (broad SMARTS) is 1. The van der Waals surface area contributed by atoms with Crippen LogP contribution in [0.1, 0.15) is 29.4 Å². The lowest BCUT2D eigenvalue weighted by Gasteiger charge is -2.00. The van der Waals surface area contributed by atoms with Crippen molar-refractivity contribution in [1.82, 2.24) is 10.2 Å². The molecule has 0 radical (unpaired) electrons. The van der Waals surface area contributed by atoms with Crippen LogP contribution in [0.5, 0.6) is 0 Å². The summed E-state index contributed by atoms with van der Waals surface area (Å²) in [6.07, 6.45) is 2.87. The van der Waals surface area contributed by atoms with Crippen molar-refractivity contribution in [2.45, 2.75) is 19.8 Å². The molecule has 0 aliphatic carbocycles. The number of carbonyl (C=O) groups is 1. The van der Waals surface area contributed by atoms with Crippen LogP contribution in [0.3, 0.4) is 0 Å². The number of hydrogen-bond acceptors (Lipinski definition) is 3. The second-order valence-corrected chi connectivity index (χ2v) is 2.30. The van der Waals surface area contributed by atoms with Gasteiger partial charge in [0.1, 0.15) is 0 Å². The number of aryl methyl sites for hydroxylation is 1. The number of aromatic amines is 1. The standard InChI is InChI=1S/C7H10N2O2/c1-2-3-6-5(7(10)11)4-8-9-6/h4H,2-3H2,1H3,(H,8,9)(H,10,11)/p-1. The molecule has 1 aromatic rings. The van der Waals surface area contributed by atoms with E-state index in [0.717, 1.165) is 6.42 Å². The normalized spacial score (nSPS) is 9.91. The minimum atomic E-state index is -1.16. The molecule has 1 aromatic heterocycles. The van der Waals surface area contributed by atoms with E-state index >= 15 is 0 Å². The van der Waals surface area contributed by atoms with Crippen molar-refractivity contribution < 1.29 is 9.90 Å². The van der Waals surface area contributed by atoms with Crippen LogP contribution < -0.4 is 5.11 Å². The molecule has 0 aromatic carbocycles. The number of rotatable bonds is 3.